The molecule has 1 aliphatic rings. The van der Waals surface area contributed by atoms with Crippen LogP contribution in [0.15, 0.2) is 29.2 Å². The predicted molar refractivity (Wildman–Crippen MR) is 85.1 cm³/mol. The maximum Gasteiger partial charge on any atom is 0.230 e. The number of thioether (sulfide) groups is 1. The van der Waals surface area contributed by atoms with Crippen molar-refractivity contribution in [3.05, 3.63) is 29.8 Å². The summed E-state index contributed by atoms with van der Waals surface area (Å²) < 4.78 is 0. The SMILES string of the molecule is Cc1ccccc1SCC(=O)NC[C@@H]1CCCN(C)C1. The van der Waals surface area contributed by atoms with Crippen LogP contribution < -0.4 is 5.32 Å². The number of hydrogen-bond acceptors (Lipinski definition) is 3. The van der Waals surface area contributed by atoms with Crippen molar-refractivity contribution in [2.45, 2.75) is 24.7 Å². The van der Waals surface area contributed by atoms with Crippen molar-refractivity contribution >= 4 is 17.7 Å². The summed E-state index contributed by atoms with van der Waals surface area (Å²) in [7, 11) is 2.15. The van der Waals surface area contributed by atoms with Gasteiger partial charge in [-0.05, 0) is 50.9 Å². The molecule has 1 aromatic rings. The van der Waals surface area contributed by atoms with E-state index < -0.39 is 0 Å². The van der Waals surface area contributed by atoms with Gasteiger partial charge in [-0.1, -0.05) is 18.2 Å². The average Bonchev–Trinajstić information content (AvgIpc) is 2.44. The van der Waals surface area contributed by atoms with Crippen LogP contribution in [0.3, 0.4) is 0 Å². The molecule has 20 heavy (non-hydrogen) atoms. The summed E-state index contributed by atoms with van der Waals surface area (Å²) >= 11 is 1.62. The van der Waals surface area contributed by atoms with Gasteiger partial charge in [0.2, 0.25) is 5.91 Å². The van der Waals surface area contributed by atoms with E-state index in [0.29, 0.717) is 11.7 Å². The van der Waals surface area contributed by atoms with E-state index in [1.54, 1.807) is 11.8 Å². The molecule has 1 atom stereocenters. The molecular weight excluding hydrogens is 268 g/mol. The Bertz CT molecular complexity index is 450. The standard InChI is InChI=1S/C16H24N2OS/c1-13-6-3-4-8-15(13)20-12-16(19)17-10-14-7-5-9-18(2)11-14/h3-4,6,8,14H,5,7,9-12H2,1-2H3,(H,17,19)/t14-/m0/s1. The van der Waals surface area contributed by atoms with Crippen molar-refractivity contribution in [1.29, 1.82) is 0 Å². The first kappa shape index (κ1) is 15.4. The molecule has 1 aliphatic heterocycles. The lowest BCUT2D eigenvalue weighted by atomic mass is 9.98. The van der Waals surface area contributed by atoms with Crippen LogP contribution >= 0.6 is 11.8 Å². The molecule has 0 aromatic heterocycles. The molecule has 4 heteroatoms. The zero-order chi connectivity index (χ0) is 14.4. The minimum absolute atomic E-state index is 0.145. The summed E-state index contributed by atoms with van der Waals surface area (Å²) in [5, 5.41) is 3.08. The molecule has 0 bridgehead atoms. The molecule has 3 nitrogen and oxygen atoms in total. The van der Waals surface area contributed by atoms with Gasteiger partial charge in [0.1, 0.15) is 0 Å². The highest BCUT2D eigenvalue weighted by Gasteiger charge is 2.17. The van der Waals surface area contributed by atoms with E-state index in [2.05, 4.69) is 36.3 Å². The summed E-state index contributed by atoms with van der Waals surface area (Å²) in [6.45, 7) is 5.19. The van der Waals surface area contributed by atoms with Crippen LogP contribution in [0, 0.1) is 12.8 Å². The third kappa shape index (κ3) is 4.84. The van der Waals surface area contributed by atoms with Gasteiger partial charge in [0.15, 0.2) is 0 Å². The van der Waals surface area contributed by atoms with Crippen molar-refractivity contribution in [1.82, 2.24) is 10.2 Å². The number of amides is 1. The molecule has 1 heterocycles. The Balaban J connectivity index is 1.69. The first-order chi connectivity index (χ1) is 9.65. The highest BCUT2D eigenvalue weighted by atomic mass is 32.2. The van der Waals surface area contributed by atoms with Gasteiger partial charge in [0.05, 0.1) is 5.75 Å². The maximum atomic E-state index is 11.9. The minimum atomic E-state index is 0.145. The van der Waals surface area contributed by atoms with Gasteiger partial charge in [-0.15, -0.1) is 11.8 Å². The van der Waals surface area contributed by atoms with E-state index in [1.807, 2.05) is 12.1 Å². The smallest absolute Gasteiger partial charge is 0.230 e. The summed E-state index contributed by atoms with van der Waals surface area (Å²) in [5.41, 5.74) is 1.24. The highest BCUT2D eigenvalue weighted by molar-refractivity contribution is 8.00. The first-order valence-electron chi connectivity index (χ1n) is 7.29. The van der Waals surface area contributed by atoms with Gasteiger partial charge in [-0.2, -0.15) is 0 Å². The molecular formula is C16H24N2OS. The van der Waals surface area contributed by atoms with Crippen LogP contribution in [0.4, 0.5) is 0 Å². The molecule has 1 fully saturated rings. The number of nitrogens with zero attached hydrogens (tertiary/aromatic N) is 1. The number of piperidine rings is 1. The quantitative estimate of drug-likeness (QED) is 0.847. The van der Waals surface area contributed by atoms with Crippen LogP contribution in [0.25, 0.3) is 0 Å². The van der Waals surface area contributed by atoms with Crippen LogP contribution in [-0.2, 0) is 4.79 Å². The Morgan fingerprint density at radius 2 is 2.25 bits per heavy atom. The predicted octanol–water partition coefficient (Wildman–Crippen LogP) is 2.55. The van der Waals surface area contributed by atoms with E-state index in [1.165, 1.54) is 29.8 Å². The van der Waals surface area contributed by atoms with Crippen molar-refractivity contribution in [2.75, 3.05) is 32.4 Å². The van der Waals surface area contributed by atoms with Crippen LogP contribution in [0.1, 0.15) is 18.4 Å². The monoisotopic (exact) mass is 292 g/mol. The largest absolute Gasteiger partial charge is 0.355 e. The van der Waals surface area contributed by atoms with E-state index in [4.69, 9.17) is 0 Å². The number of likely N-dealkylation sites (tertiary alicyclic amines) is 1. The number of aryl methyl sites for hydroxylation is 1. The van der Waals surface area contributed by atoms with Crippen LogP contribution in [-0.4, -0.2) is 43.2 Å². The van der Waals surface area contributed by atoms with E-state index in [9.17, 15) is 4.79 Å². The van der Waals surface area contributed by atoms with Crippen molar-refractivity contribution < 1.29 is 4.79 Å². The second-order valence-electron chi connectivity index (χ2n) is 5.63. The molecule has 1 saturated heterocycles. The summed E-state index contributed by atoms with van der Waals surface area (Å²) in [5.74, 6) is 1.26. The number of hydrogen-bond donors (Lipinski definition) is 1. The van der Waals surface area contributed by atoms with Crippen LogP contribution in [0.5, 0.6) is 0 Å². The van der Waals surface area contributed by atoms with Gasteiger partial charge >= 0.3 is 0 Å². The number of carbonyl (C=O) groups is 1. The molecule has 0 radical (unpaired) electrons. The van der Waals surface area contributed by atoms with Gasteiger partial charge in [-0.25, -0.2) is 0 Å². The summed E-state index contributed by atoms with van der Waals surface area (Å²) in [6, 6.07) is 8.20. The van der Waals surface area contributed by atoms with Gasteiger partial charge in [0.25, 0.3) is 0 Å². The zero-order valence-electron chi connectivity index (χ0n) is 12.4. The fraction of sp³-hybridized carbons (Fsp3) is 0.562. The van der Waals surface area contributed by atoms with Crippen molar-refractivity contribution in [3.63, 3.8) is 0 Å². The molecule has 0 unspecified atom stereocenters. The van der Waals surface area contributed by atoms with E-state index in [0.717, 1.165) is 13.1 Å². The lowest BCUT2D eigenvalue weighted by molar-refractivity contribution is -0.118. The van der Waals surface area contributed by atoms with Gasteiger partial charge in [0, 0.05) is 18.0 Å². The number of benzene rings is 1. The van der Waals surface area contributed by atoms with Crippen LogP contribution in [0.2, 0.25) is 0 Å². The Labute approximate surface area is 126 Å². The Hall–Kier alpha value is -1.00. The second kappa shape index (κ2) is 7.70. The third-order valence-corrected chi connectivity index (χ3v) is 4.94. The molecule has 1 aromatic carbocycles. The highest BCUT2D eigenvalue weighted by Crippen LogP contribution is 2.21. The third-order valence-electron chi connectivity index (χ3n) is 3.76. The average molecular weight is 292 g/mol. The Morgan fingerprint density at radius 1 is 1.45 bits per heavy atom. The second-order valence-corrected chi connectivity index (χ2v) is 6.65. The molecule has 1 amide bonds. The summed E-state index contributed by atoms with van der Waals surface area (Å²) in [4.78, 5) is 15.5. The molecule has 0 spiro atoms. The van der Waals surface area contributed by atoms with Crippen molar-refractivity contribution in [2.24, 2.45) is 5.92 Å². The fourth-order valence-electron chi connectivity index (χ4n) is 2.61. The lowest BCUT2D eigenvalue weighted by Gasteiger charge is -2.29. The Morgan fingerprint density at radius 3 is 3.00 bits per heavy atom. The molecule has 110 valence electrons. The minimum Gasteiger partial charge on any atom is -0.355 e. The summed E-state index contributed by atoms with van der Waals surface area (Å²) in [6.07, 6.45) is 2.48. The number of nitrogens with one attached hydrogen (secondary N) is 1. The zero-order valence-corrected chi connectivity index (χ0v) is 13.2. The van der Waals surface area contributed by atoms with Crippen molar-refractivity contribution in [3.8, 4) is 0 Å². The van der Waals surface area contributed by atoms with E-state index in [-0.39, 0.29) is 5.91 Å². The molecule has 0 saturated carbocycles. The fourth-order valence-corrected chi connectivity index (χ4v) is 3.47. The number of carbonyl (C=O) groups excluding carboxylic acids is 1. The first-order valence-corrected chi connectivity index (χ1v) is 8.27. The Kier molecular flexibility index (Phi) is 5.92. The molecule has 1 N–H and O–H groups in total. The maximum absolute atomic E-state index is 11.9. The normalized spacial score (nSPS) is 19.8. The molecule has 2 rings (SSSR count). The number of rotatable bonds is 5. The van der Waals surface area contributed by atoms with E-state index >= 15 is 0 Å². The van der Waals surface area contributed by atoms with Gasteiger partial charge in [-0.3, -0.25) is 4.79 Å². The topological polar surface area (TPSA) is 32.3 Å². The lowest BCUT2D eigenvalue weighted by Crippen LogP contribution is -2.39. The molecule has 0 aliphatic carbocycles. The van der Waals surface area contributed by atoms with Gasteiger partial charge < -0.3 is 10.2 Å².